The first-order valence-electron chi connectivity index (χ1n) is 36.8. The number of allylic oxidation sites excluding steroid dienone is 14. The fraction of sp³-hybridized carbons (Fsp3) is 0.800. The molecule has 0 spiro atoms. The highest BCUT2D eigenvalue weighted by molar-refractivity contribution is 5.76. The maximum atomic E-state index is 13.4. The summed E-state index contributed by atoms with van der Waals surface area (Å²) in [4.78, 5) is 13.4. The van der Waals surface area contributed by atoms with Crippen LogP contribution in [0, 0.1) is 0 Å². The number of rotatable bonds is 56. The summed E-state index contributed by atoms with van der Waals surface area (Å²) >= 11 is 0. The number of nitrogens with one attached hydrogen (secondary N) is 1. The van der Waals surface area contributed by atoms with E-state index < -0.39 is 124 Å². The summed E-state index contributed by atoms with van der Waals surface area (Å²) in [5, 5.41) is 121. The van der Waals surface area contributed by atoms with E-state index in [1.807, 2.05) is 0 Å². The van der Waals surface area contributed by atoms with Crippen molar-refractivity contribution >= 4 is 5.91 Å². The number of hydrogen-bond donors (Lipinski definition) is 12. The van der Waals surface area contributed by atoms with E-state index in [9.17, 15) is 61.0 Å². The first-order valence-corrected chi connectivity index (χ1v) is 36.8. The highest BCUT2D eigenvalue weighted by Crippen LogP contribution is 2.33. The van der Waals surface area contributed by atoms with Gasteiger partial charge >= 0.3 is 0 Å². The van der Waals surface area contributed by atoms with E-state index in [-0.39, 0.29) is 18.9 Å². The minimum absolute atomic E-state index is 0.222. The average Bonchev–Trinajstić information content (AvgIpc) is 0.788. The zero-order valence-electron chi connectivity index (χ0n) is 57.7. The molecular formula is C75H131NO18. The molecular weight excluding hydrogens is 1200 g/mol. The van der Waals surface area contributed by atoms with Gasteiger partial charge in [0, 0.05) is 6.42 Å². The molecule has 3 fully saturated rings. The van der Waals surface area contributed by atoms with Crippen LogP contribution in [0.15, 0.2) is 85.1 Å². The second-order valence-electron chi connectivity index (χ2n) is 26.0. The van der Waals surface area contributed by atoms with Gasteiger partial charge in [0.15, 0.2) is 18.9 Å². The maximum absolute atomic E-state index is 13.4. The Morgan fingerprint density at radius 2 is 0.734 bits per heavy atom. The Morgan fingerprint density at radius 3 is 1.14 bits per heavy atom. The highest BCUT2D eigenvalue weighted by Gasteiger charge is 2.53. The normalized spacial score (nSPS) is 27.9. The van der Waals surface area contributed by atoms with Crippen LogP contribution in [-0.4, -0.2) is 193 Å². The Morgan fingerprint density at radius 1 is 0.394 bits per heavy atom. The van der Waals surface area contributed by atoms with Crippen LogP contribution in [0.2, 0.25) is 0 Å². The molecule has 544 valence electrons. The van der Waals surface area contributed by atoms with Gasteiger partial charge in [0.05, 0.1) is 38.6 Å². The van der Waals surface area contributed by atoms with Crippen molar-refractivity contribution in [2.75, 3.05) is 26.4 Å². The fourth-order valence-electron chi connectivity index (χ4n) is 12.1. The molecule has 0 bridgehead atoms. The fourth-order valence-corrected chi connectivity index (χ4v) is 12.1. The van der Waals surface area contributed by atoms with Crippen molar-refractivity contribution in [2.24, 2.45) is 0 Å². The van der Waals surface area contributed by atoms with Crippen molar-refractivity contribution in [1.29, 1.82) is 0 Å². The van der Waals surface area contributed by atoms with E-state index in [0.717, 1.165) is 89.9 Å². The average molecular weight is 1330 g/mol. The first-order chi connectivity index (χ1) is 45.8. The summed E-state index contributed by atoms with van der Waals surface area (Å²) < 4.78 is 34.4. The van der Waals surface area contributed by atoms with Crippen molar-refractivity contribution in [1.82, 2.24) is 5.32 Å². The van der Waals surface area contributed by atoms with Crippen molar-refractivity contribution < 1.29 is 89.4 Å². The van der Waals surface area contributed by atoms with E-state index in [4.69, 9.17) is 28.4 Å². The molecule has 19 heteroatoms. The van der Waals surface area contributed by atoms with Gasteiger partial charge in [0.1, 0.15) is 73.2 Å². The molecule has 0 aromatic rings. The van der Waals surface area contributed by atoms with E-state index in [1.54, 1.807) is 0 Å². The van der Waals surface area contributed by atoms with Gasteiger partial charge in [0.25, 0.3) is 0 Å². The van der Waals surface area contributed by atoms with E-state index >= 15 is 0 Å². The molecule has 3 aliphatic rings. The van der Waals surface area contributed by atoms with Gasteiger partial charge in [-0.2, -0.15) is 0 Å². The third-order valence-electron chi connectivity index (χ3n) is 18.0. The quantitative estimate of drug-likeness (QED) is 0.0199. The summed E-state index contributed by atoms with van der Waals surface area (Å²) in [6.45, 7) is 1.67. The molecule has 0 radical (unpaired) electrons. The second kappa shape index (κ2) is 55.8. The lowest BCUT2D eigenvalue weighted by Gasteiger charge is -2.48. The molecule has 3 saturated heterocycles. The number of unbranched alkanes of at least 4 members (excludes halogenated alkanes) is 26. The summed E-state index contributed by atoms with van der Waals surface area (Å²) in [6.07, 6.45) is 45.1. The van der Waals surface area contributed by atoms with Crippen molar-refractivity contribution in [3.8, 4) is 0 Å². The topological polar surface area (TPSA) is 307 Å². The number of amides is 1. The Kier molecular flexibility index (Phi) is 50.6. The molecule has 17 unspecified atom stereocenters. The monoisotopic (exact) mass is 1330 g/mol. The molecule has 12 N–H and O–H groups in total. The number of carbonyl (C=O) groups is 1. The molecule has 0 saturated carbocycles. The molecule has 3 rings (SSSR count). The first kappa shape index (κ1) is 85.2. The van der Waals surface area contributed by atoms with Crippen molar-refractivity contribution in [3.05, 3.63) is 85.1 Å². The van der Waals surface area contributed by atoms with Crippen LogP contribution in [0.3, 0.4) is 0 Å². The molecule has 0 aromatic carbocycles. The maximum Gasteiger partial charge on any atom is 0.220 e. The van der Waals surface area contributed by atoms with E-state index in [1.165, 1.54) is 128 Å². The van der Waals surface area contributed by atoms with Crippen LogP contribution >= 0.6 is 0 Å². The second-order valence-corrected chi connectivity index (χ2v) is 26.0. The molecule has 0 aliphatic carbocycles. The van der Waals surface area contributed by atoms with E-state index in [2.05, 4.69) is 104 Å². The standard InChI is InChI=1S/C75H131NO18/c1-3-5-7-9-11-13-15-17-19-21-23-25-27-29-31-33-35-37-39-41-43-45-47-49-51-53-63(81)76-58(59(80)52-50-48-46-44-42-40-38-36-34-32-30-28-26-24-22-20-18-16-14-12-10-8-6-4-2)57-89-73-69(87)66(84)71(61(55-78)91-73)94-75-70(88)67(85)72(62(56-79)92-75)93-74-68(86)65(83)64(82)60(54-77)90-74/h5,7,11,13,17,19,23,25,29,31,35,37,41,43,58-62,64-75,77-80,82-88H,3-4,6,8-10,12,14-16,18,20-22,24,26-28,30,32-34,36,38-40,42,44-57H2,1-2H3,(H,76,81)/b7-5-,13-11-,19-17-,25-23-,31-29-,37-35-,43-41-. The zero-order chi connectivity index (χ0) is 68.2. The smallest absolute Gasteiger partial charge is 0.220 e. The van der Waals surface area contributed by atoms with Crippen LogP contribution in [0.25, 0.3) is 0 Å². The molecule has 94 heavy (non-hydrogen) atoms. The minimum Gasteiger partial charge on any atom is -0.394 e. The van der Waals surface area contributed by atoms with Gasteiger partial charge < -0.3 is 89.9 Å². The van der Waals surface area contributed by atoms with Gasteiger partial charge in [-0.3, -0.25) is 4.79 Å². The number of hydrogen-bond acceptors (Lipinski definition) is 18. The Labute approximate surface area is 565 Å². The molecule has 17 atom stereocenters. The zero-order valence-corrected chi connectivity index (χ0v) is 57.7. The summed E-state index contributed by atoms with van der Waals surface area (Å²) in [5.74, 6) is -0.275. The number of aliphatic hydroxyl groups is 11. The van der Waals surface area contributed by atoms with Crippen molar-refractivity contribution in [3.63, 3.8) is 0 Å². The van der Waals surface area contributed by atoms with Gasteiger partial charge in [-0.15, -0.1) is 0 Å². The number of ether oxygens (including phenoxy) is 6. The summed E-state index contributed by atoms with van der Waals surface area (Å²) in [5.41, 5.74) is 0. The molecule has 0 aromatic heterocycles. The largest absolute Gasteiger partial charge is 0.394 e. The lowest BCUT2D eigenvalue weighted by molar-refractivity contribution is -0.379. The molecule has 3 heterocycles. The van der Waals surface area contributed by atoms with Gasteiger partial charge in [-0.05, 0) is 70.6 Å². The molecule has 3 aliphatic heterocycles. The molecule has 1 amide bonds. The third-order valence-corrected chi connectivity index (χ3v) is 18.0. The van der Waals surface area contributed by atoms with Crippen LogP contribution in [0.1, 0.15) is 251 Å². The van der Waals surface area contributed by atoms with E-state index in [0.29, 0.717) is 12.8 Å². The summed E-state index contributed by atoms with van der Waals surface area (Å²) in [7, 11) is 0. The van der Waals surface area contributed by atoms with Gasteiger partial charge in [-0.1, -0.05) is 259 Å². The number of carbonyl (C=O) groups excluding carboxylic acids is 1. The Hall–Kier alpha value is -3.03. The number of aliphatic hydroxyl groups excluding tert-OH is 11. The van der Waals surface area contributed by atoms with Crippen LogP contribution in [-0.2, 0) is 33.2 Å². The van der Waals surface area contributed by atoms with Crippen LogP contribution < -0.4 is 5.32 Å². The Balaban J connectivity index is 1.43. The minimum atomic E-state index is -1.98. The van der Waals surface area contributed by atoms with Gasteiger partial charge in [-0.25, -0.2) is 0 Å². The predicted octanol–water partition coefficient (Wildman–Crippen LogP) is 10.7. The lowest BCUT2D eigenvalue weighted by atomic mass is 9.96. The Bertz CT molecular complexity index is 2030. The molecule has 19 nitrogen and oxygen atoms in total. The third kappa shape index (κ3) is 36.7. The summed E-state index contributed by atoms with van der Waals surface area (Å²) in [6, 6.07) is -0.913. The lowest BCUT2D eigenvalue weighted by Crippen LogP contribution is -2.66. The highest BCUT2D eigenvalue weighted by atomic mass is 16.8. The van der Waals surface area contributed by atoms with Crippen LogP contribution in [0.5, 0.6) is 0 Å². The predicted molar refractivity (Wildman–Crippen MR) is 369 cm³/mol. The van der Waals surface area contributed by atoms with Crippen LogP contribution in [0.4, 0.5) is 0 Å². The SMILES string of the molecule is CC/C=C\C/C=C\C/C=C\C/C=C\C/C=C\C/C=C\C/C=C\CCCCCC(=O)NC(COC1OC(CO)C(OC2OC(CO)C(OC3OC(CO)C(O)C(O)C3O)C(O)C2O)C(O)C1O)C(O)CCCCCCCCCCCCCCCCCCCCCCCCCC. The van der Waals surface area contributed by atoms with Crippen molar-refractivity contribution in [2.45, 2.75) is 356 Å². The van der Waals surface area contributed by atoms with Gasteiger partial charge in [0.2, 0.25) is 5.91 Å².